The normalized spacial score (nSPS) is 22.8. The Morgan fingerprint density at radius 1 is 1.21 bits per heavy atom. The van der Waals surface area contributed by atoms with E-state index in [9.17, 15) is 4.79 Å². The monoisotopic (exact) mass is 345 g/mol. The zero-order valence-electron chi connectivity index (χ0n) is 13.8. The van der Waals surface area contributed by atoms with Gasteiger partial charge < -0.3 is 9.64 Å². The zero-order chi connectivity index (χ0) is 16.4. The highest BCUT2D eigenvalue weighted by Gasteiger charge is 2.33. The molecular formula is C18H23N3O2S. The molecule has 1 aromatic carbocycles. The molecule has 0 radical (unpaired) electrons. The fourth-order valence-electron chi connectivity index (χ4n) is 3.62. The second-order valence-corrected chi connectivity index (χ2v) is 7.61. The van der Waals surface area contributed by atoms with Crippen molar-refractivity contribution in [3.63, 3.8) is 0 Å². The Morgan fingerprint density at radius 3 is 2.88 bits per heavy atom. The number of piperidine rings is 1. The van der Waals surface area contributed by atoms with Gasteiger partial charge in [-0.1, -0.05) is 18.6 Å². The van der Waals surface area contributed by atoms with Crippen molar-refractivity contribution in [1.82, 2.24) is 14.8 Å². The molecule has 0 aliphatic carbocycles. The van der Waals surface area contributed by atoms with Crippen molar-refractivity contribution in [2.75, 3.05) is 32.8 Å². The quantitative estimate of drug-likeness (QED) is 0.857. The van der Waals surface area contributed by atoms with Crippen LogP contribution in [0, 0.1) is 0 Å². The highest BCUT2D eigenvalue weighted by molar-refractivity contribution is 7.18. The molecular weight excluding hydrogens is 322 g/mol. The fourth-order valence-corrected chi connectivity index (χ4v) is 4.61. The van der Waals surface area contributed by atoms with E-state index in [-0.39, 0.29) is 11.9 Å². The van der Waals surface area contributed by atoms with E-state index < -0.39 is 0 Å². The number of hydrogen-bond donors (Lipinski definition) is 0. The van der Waals surface area contributed by atoms with Gasteiger partial charge in [-0.25, -0.2) is 4.98 Å². The van der Waals surface area contributed by atoms with Gasteiger partial charge in [-0.05, 0) is 31.5 Å². The number of likely N-dealkylation sites (tertiary alicyclic amines) is 1. The Labute approximate surface area is 146 Å². The van der Waals surface area contributed by atoms with Crippen LogP contribution in [0.5, 0.6) is 0 Å². The number of thiazole rings is 1. The van der Waals surface area contributed by atoms with E-state index in [1.54, 1.807) is 11.3 Å². The number of rotatable bonds is 3. The molecule has 1 amide bonds. The van der Waals surface area contributed by atoms with E-state index in [1.165, 1.54) is 4.70 Å². The van der Waals surface area contributed by atoms with E-state index in [2.05, 4.69) is 23.1 Å². The van der Waals surface area contributed by atoms with Crippen molar-refractivity contribution in [3.8, 4) is 0 Å². The Hall–Kier alpha value is -1.50. The third-order valence-corrected chi connectivity index (χ3v) is 5.92. The molecule has 2 aliphatic rings. The first-order valence-corrected chi connectivity index (χ1v) is 9.58. The number of benzene rings is 1. The first-order valence-electron chi connectivity index (χ1n) is 8.76. The highest BCUT2D eigenvalue weighted by Crippen LogP contribution is 2.26. The van der Waals surface area contributed by atoms with Crippen molar-refractivity contribution in [2.45, 2.75) is 31.8 Å². The molecule has 2 saturated heterocycles. The number of para-hydroxylation sites is 1. The summed E-state index contributed by atoms with van der Waals surface area (Å²) in [6.07, 6.45) is 3.26. The summed E-state index contributed by atoms with van der Waals surface area (Å²) < 4.78 is 6.60. The number of fused-ring (bicyclic) bond motifs is 1. The van der Waals surface area contributed by atoms with Gasteiger partial charge in [0, 0.05) is 13.1 Å². The van der Waals surface area contributed by atoms with E-state index in [4.69, 9.17) is 9.72 Å². The Morgan fingerprint density at radius 2 is 2.04 bits per heavy atom. The lowest BCUT2D eigenvalue weighted by atomic mass is 10.0. The number of aromatic nitrogens is 1. The van der Waals surface area contributed by atoms with Crippen molar-refractivity contribution in [2.24, 2.45) is 0 Å². The number of ether oxygens (including phenoxy) is 1. The molecule has 0 bridgehead atoms. The van der Waals surface area contributed by atoms with E-state index in [1.807, 2.05) is 11.0 Å². The number of amides is 1. The molecule has 0 saturated carbocycles. The maximum Gasteiger partial charge on any atom is 0.240 e. The van der Waals surface area contributed by atoms with Gasteiger partial charge in [0.2, 0.25) is 5.91 Å². The minimum atomic E-state index is 0.00358. The first-order chi connectivity index (χ1) is 11.8. The van der Waals surface area contributed by atoms with Crippen LogP contribution in [0.15, 0.2) is 24.3 Å². The van der Waals surface area contributed by atoms with Crippen LogP contribution in [-0.2, 0) is 16.1 Å². The van der Waals surface area contributed by atoms with Gasteiger partial charge in [0.25, 0.3) is 0 Å². The molecule has 1 atom stereocenters. The van der Waals surface area contributed by atoms with Gasteiger partial charge in [0.15, 0.2) is 0 Å². The van der Waals surface area contributed by atoms with Crippen LogP contribution in [0.1, 0.15) is 24.3 Å². The van der Waals surface area contributed by atoms with Crippen LogP contribution in [0.2, 0.25) is 0 Å². The topological polar surface area (TPSA) is 45.7 Å². The van der Waals surface area contributed by atoms with Crippen LogP contribution in [0.3, 0.4) is 0 Å². The first kappa shape index (κ1) is 16.0. The Bertz CT molecular complexity index is 678. The molecule has 128 valence electrons. The van der Waals surface area contributed by atoms with Gasteiger partial charge in [-0.2, -0.15) is 0 Å². The summed E-state index contributed by atoms with van der Waals surface area (Å²) in [5.41, 5.74) is 1.06. The lowest BCUT2D eigenvalue weighted by molar-refractivity contribution is -0.142. The summed E-state index contributed by atoms with van der Waals surface area (Å²) in [6, 6.07) is 8.25. The van der Waals surface area contributed by atoms with Gasteiger partial charge in [-0.3, -0.25) is 9.69 Å². The zero-order valence-corrected chi connectivity index (χ0v) is 14.6. The predicted octanol–water partition coefficient (Wildman–Crippen LogP) is 2.51. The maximum atomic E-state index is 12.9. The largest absolute Gasteiger partial charge is 0.378 e. The summed E-state index contributed by atoms with van der Waals surface area (Å²) in [6.45, 7) is 4.54. The number of morpholine rings is 1. The number of nitrogens with zero attached hydrogens (tertiary/aromatic N) is 3. The lowest BCUT2D eigenvalue weighted by Crippen LogP contribution is -2.53. The van der Waals surface area contributed by atoms with Crippen molar-refractivity contribution < 1.29 is 9.53 Å². The second kappa shape index (κ2) is 7.17. The summed E-state index contributed by atoms with van der Waals surface area (Å²) in [5.74, 6) is 0.277. The Kier molecular flexibility index (Phi) is 4.78. The number of carbonyl (C=O) groups excluding carboxylic acids is 1. The third kappa shape index (κ3) is 3.31. The van der Waals surface area contributed by atoms with Crippen LogP contribution in [0.25, 0.3) is 10.2 Å². The average molecular weight is 345 g/mol. The number of hydrogen-bond acceptors (Lipinski definition) is 5. The fraction of sp³-hybridized carbons (Fsp3) is 0.556. The highest BCUT2D eigenvalue weighted by atomic mass is 32.1. The molecule has 3 heterocycles. The van der Waals surface area contributed by atoms with Crippen molar-refractivity contribution >= 4 is 27.5 Å². The van der Waals surface area contributed by atoms with Crippen LogP contribution in [-0.4, -0.2) is 59.6 Å². The van der Waals surface area contributed by atoms with Crippen molar-refractivity contribution in [3.05, 3.63) is 29.3 Å². The molecule has 4 rings (SSSR count). The standard InChI is InChI=1S/C18H23N3O2S/c22-18(20-9-11-23-12-10-20)15-6-3-4-8-21(15)13-17-19-14-5-1-2-7-16(14)24-17/h1-2,5,7,15H,3-4,6,8-13H2. The molecule has 2 fully saturated rings. The molecule has 6 heteroatoms. The van der Waals surface area contributed by atoms with E-state index in [0.29, 0.717) is 13.2 Å². The van der Waals surface area contributed by atoms with Crippen LogP contribution in [0.4, 0.5) is 0 Å². The smallest absolute Gasteiger partial charge is 0.240 e. The third-order valence-electron chi connectivity index (χ3n) is 4.90. The molecule has 1 unspecified atom stereocenters. The molecule has 2 aromatic rings. The van der Waals surface area contributed by atoms with Crippen LogP contribution >= 0.6 is 11.3 Å². The van der Waals surface area contributed by atoms with E-state index >= 15 is 0 Å². The average Bonchev–Trinajstić information content (AvgIpc) is 3.04. The number of carbonyl (C=O) groups is 1. The minimum absolute atomic E-state index is 0.00358. The molecule has 5 nitrogen and oxygen atoms in total. The van der Waals surface area contributed by atoms with Gasteiger partial charge in [-0.15, -0.1) is 11.3 Å². The summed E-state index contributed by atoms with van der Waals surface area (Å²) in [5, 5.41) is 1.11. The minimum Gasteiger partial charge on any atom is -0.378 e. The van der Waals surface area contributed by atoms with Gasteiger partial charge in [0.1, 0.15) is 5.01 Å². The lowest BCUT2D eigenvalue weighted by Gasteiger charge is -2.38. The SMILES string of the molecule is O=C(C1CCCCN1Cc1nc2ccccc2s1)N1CCOCC1. The summed E-state index contributed by atoms with van der Waals surface area (Å²) in [7, 11) is 0. The maximum absolute atomic E-state index is 12.9. The molecule has 0 N–H and O–H groups in total. The molecule has 0 spiro atoms. The molecule has 1 aromatic heterocycles. The van der Waals surface area contributed by atoms with Crippen molar-refractivity contribution in [1.29, 1.82) is 0 Å². The predicted molar refractivity (Wildman–Crippen MR) is 95.1 cm³/mol. The van der Waals surface area contributed by atoms with Crippen LogP contribution < -0.4 is 0 Å². The summed E-state index contributed by atoms with van der Waals surface area (Å²) >= 11 is 1.74. The molecule has 2 aliphatic heterocycles. The van der Waals surface area contributed by atoms with Gasteiger partial charge in [0.05, 0.1) is 36.0 Å². The van der Waals surface area contributed by atoms with E-state index in [0.717, 1.165) is 56.0 Å². The summed E-state index contributed by atoms with van der Waals surface area (Å²) in [4.78, 5) is 22.0. The molecule has 24 heavy (non-hydrogen) atoms. The Balaban J connectivity index is 1.49. The van der Waals surface area contributed by atoms with Gasteiger partial charge >= 0.3 is 0 Å². The second-order valence-electron chi connectivity index (χ2n) is 6.50.